The minimum absolute atomic E-state index is 1.24. The van der Waals surface area contributed by atoms with E-state index in [0.29, 0.717) is 0 Å². The van der Waals surface area contributed by atoms with Gasteiger partial charge in [0.25, 0.3) is 0 Å². The maximum absolute atomic E-state index is 2.22. The topological polar surface area (TPSA) is 0 Å². The van der Waals surface area contributed by atoms with Crippen LogP contribution in [0.5, 0.6) is 0 Å². The highest BCUT2D eigenvalue weighted by Crippen LogP contribution is 2.24. The Morgan fingerprint density at radius 3 is 1.56 bits per heavy atom. The van der Waals surface area contributed by atoms with Crippen molar-refractivity contribution in [3.8, 4) is 0 Å². The molecule has 0 fully saturated rings. The monoisotopic (exact) mass is 364 g/mol. The average molecular weight is 365 g/mol. The molecule has 0 saturated heterocycles. The van der Waals surface area contributed by atoms with Crippen LogP contribution < -0.4 is 0 Å². The Hall–Kier alpha value is 2.10. The molecule has 0 aliphatic heterocycles. The lowest BCUT2D eigenvalue weighted by atomic mass is 10.6. The van der Waals surface area contributed by atoms with Gasteiger partial charge in [-0.15, -0.1) is 0 Å². The molecule has 6 heteroatoms. The van der Waals surface area contributed by atoms with Crippen molar-refractivity contribution in [1.29, 1.82) is 0 Å². The second-order valence-corrected chi connectivity index (χ2v) is 11.5. The van der Waals surface area contributed by atoms with E-state index in [0.717, 1.165) is 0 Å². The Morgan fingerprint density at radius 2 is 1.11 bits per heavy atom. The second kappa shape index (κ2) is 24.1. The zero-order valence-corrected chi connectivity index (χ0v) is 17.0. The van der Waals surface area contributed by atoms with Crippen molar-refractivity contribution in [2.45, 2.75) is 40.0 Å². The first kappa shape index (κ1) is 22.4. The summed E-state index contributed by atoms with van der Waals surface area (Å²) >= 11 is 0. The summed E-state index contributed by atoms with van der Waals surface area (Å²) in [5.41, 5.74) is 0. The van der Waals surface area contributed by atoms with E-state index >= 15 is 0 Å². The van der Waals surface area contributed by atoms with Gasteiger partial charge in [-0.05, 0) is 25.5 Å². The van der Waals surface area contributed by atoms with Crippen LogP contribution in [0.4, 0.5) is 0 Å². The lowest BCUT2D eigenvalue weighted by Crippen LogP contribution is -1.79. The first-order valence-corrected chi connectivity index (χ1v) is 14.2. The highest BCUT2D eigenvalue weighted by atomic mass is 33.1. The maximum Gasteiger partial charge on any atom is 0.00450 e. The van der Waals surface area contributed by atoms with Crippen LogP contribution in [-0.2, 0) is 0 Å². The van der Waals surface area contributed by atoms with Crippen LogP contribution in [0.3, 0.4) is 0 Å². The van der Waals surface area contributed by atoms with Crippen molar-refractivity contribution in [2.75, 3.05) is 35.0 Å². The number of hydrogen-bond acceptors (Lipinski definition) is 6. The third kappa shape index (κ3) is 26.6. The number of rotatable bonds is 12. The zero-order chi connectivity index (χ0) is 13.9. The standard InChI is InChI=1S/C6H14S4.C6H14S2/c1-3-8-10-6-4-5-9-7-2;1-3-5-7-8-6-4-2/h3-6H2,1-2H3;3-6H2,1-2H3. The molecular formula is C12H28S6. The molecule has 18 heavy (non-hydrogen) atoms. The summed E-state index contributed by atoms with van der Waals surface area (Å²) in [6.07, 6.45) is 6.10. The molecule has 0 saturated carbocycles. The SMILES string of the molecule is CCCSSCCC.CCSSCCCSSC. The van der Waals surface area contributed by atoms with Crippen molar-refractivity contribution in [1.82, 2.24) is 0 Å². The zero-order valence-electron chi connectivity index (χ0n) is 12.1. The van der Waals surface area contributed by atoms with Gasteiger partial charge in [0.15, 0.2) is 0 Å². The maximum atomic E-state index is 2.22. The van der Waals surface area contributed by atoms with Crippen molar-refractivity contribution in [3.05, 3.63) is 0 Å². The molecule has 0 atom stereocenters. The molecular weight excluding hydrogens is 337 g/mol. The van der Waals surface area contributed by atoms with Gasteiger partial charge in [0.05, 0.1) is 0 Å². The van der Waals surface area contributed by atoms with E-state index in [2.05, 4.69) is 27.0 Å². The minimum atomic E-state index is 1.24. The van der Waals surface area contributed by atoms with Gasteiger partial charge in [-0.2, -0.15) is 0 Å². The predicted molar refractivity (Wildman–Crippen MR) is 107 cm³/mol. The summed E-state index contributed by atoms with van der Waals surface area (Å²) in [6, 6.07) is 0. The molecule has 0 aromatic heterocycles. The first-order valence-electron chi connectivity index (χ1n) is 6.47. The molecule has 0 rings (SSSR count). The van der Waals surface area contributed by atoms with Gasteiger partial charge in [0, 0.05) is 28.8 Å². The van der Waals surface area contributed by atoms with Gasteiger partial charge in [0.2, 0.25) is 0 Å². The van der Waals surface area contributed by atoms with Crippen molar-refractivity contribution >= 4 is 64.8 Å². The van der Waals surface area contributed by atoms with Gasteiger partial charge in [-0.3, -0.25) is 0 Å². The normalized spacial score (nSPS) is 10.0. The fraction of sp³-hybridized carbons (Fsp3) is 1.00. The molecule has 0 aliphatic carbocycles. The van der Waals surface area contributed by atoms with Crippen LogP contribution in [0.1, 0.15) is 40.0 Å². The van der Waals surface area contributed by atoms with Gasteiger partial charge < -0.3 is 0 Å². The van der Waals surface area contributed by atoms with Gasteiger partial charge in [-0.1, -0.05) is 85.5 Å². The third-order valence-corrected chi connectivity index (χ3v) is 8.71. The van der Waals surface area contributed by atoms with Crippen LogP contribution in [0.2, 0.25) is 0 Å². The molecule has 0 nitrogen and oxygen atoms in total. The van der Waals surface area contributed by atoms with Crippen LogP contribution in [0, 0.1) is 0 Å². The first-order chi connectivity index (χ1) is 8.83. The molecule has 0 amide bonds. The van der Waals surface area contributed by atoms with E-state index in [1.165, 1.54) is 48.0 Å². The largest absolute Gasteiger partial charge is 0.0976 e. The summed E-state index contributed by atoms with van der Waals surface area (Å²) in [5, 5.41) is 0. The molecule has 0 bridgehead atoms. The second-order valence-electron chi connectivity index (χ2n) is 3.21. The highest BCUT2D eigenvalue weighted by Gasteiger charge is 1.88. The Labute approximate surface area is 139 Å². The Balaban J connectivity index is 0. The molecule has 0 aliphatic rings. The van der Waals surface area contributed by atoms with Gasteiger partial charge in [-0.25, -0.2) is 0 Å². The van der Waals surface area contributed by atoms with Crippen LogP contribution >= 0.6 is 64.8 Å². The molecule has 0 heterocycles. The number of hydrogen-bond donors (Lipinski definition) is 0. The van der Waals surface area contributed by atoms with E-state index in [-0.39, 0.29) is 0 Å². The molecule has 0 spiro atoms. The van der Waals surface area contributed by atoms with Crippen molar-refractivity contribution in [3.63, 3.8) is 0 Å². The molecule has 0 radical (unpaired) electrons. The molecule has 0 N–H and O–H groups in total. The average Bonchev–Trinajstić information content (AvgIpc) is 2.40. The summed E-state index contributed by atoms with van der Waals surface area (Å²) in [6.45, 7) is 6.65. The molecule has 0 aromatic carbocycles. The van der Waals surface area contributed by atoms with Crippen molar-refractivity contribution < 1.29 is 0 Å². The third-order valence-electron chi connectivity index (χ3n) is 1.43. The molecule has 112 valence electrons. The smallest absolute Gasteiger partial charge is 0.00450 e. The molecule has 0 unspecified atom stereocenters. The van der Waals surface area contributed by atoms with E-state index in [1.807, 2.05) is 64.8 Å². The van der Waals surface area contributed by atoms with Gasteiger partial charge >= 0.3 is 0 Å². The Bertz CT molecular complexity index is 109. The lowest BCUT2D eigenvalue weighted by molar-refractivity contribution is 1.11. The minimum Gasteiger partial charge on any atom is -0.0976 e. The molecule has 0 aromatic rings. The summed E-state index contributed by atoms with van der Waals surface area (Å²) in [5.74, 6) is 6.47. The lowest BCUT2D eigenvalue weighted by Gasteiger charge is -1.96. The van der Waals surface area contributed by atoms with E-state index < -0.39 is 0 Å². The summed E-state index contributed by atoms with van der Waals surface area (Å²) < 4.78 is 0. The Morgan fingerprint density at radius 1 is 0.611 bits per heavy atom. The Kier molecular flexibility index (Phi) is 30.0. The van der Waals surface area contributed by atoms with Crippen LogP contribution in [-0.4, -0.2) is 35.0 Å². The summed E-state index contributed by atoms with van der Waals surface area (Å²) in [4.78, 5) is 0. The van der Waals surface area contributed by atoms with Crippen molar-refractivity contribution in [2.24, 2.45) is 0 Å². The van der Waals surface area contributed by atoms with Crippen LogP contribution in [0.25, 0.3) is 0 Å². The predicted octanol–water partition coefficient (Wildman–Crippen LogP) is 6.98. The highest BCUT2D eigenvalue weighted by molar-refractivity contribution is 8.77. The van der Waals surface area contributed by atoms with Crippen LogP contribution in [0.15, 0.2) is 0 Å². The van der Waals surface area contributed by atoms with E-state index in [4.69, 9.17) is 0 Å². The van der Waals surface area contributed by atoms with E-state index in [1.54, 1.807) is 0 Å². The van der Waals surface area contributed by atoms with Gasteiger partial charge in [0.1, 0.15) is 0 Å². The van der Waals surface area contributed by atoms with E-state index in [9.17, 15) is 0 Å². The fourth-order valence-electron chi connectivity index (χ4n) is 0.687. The fourth-order valence-corrected chi connectivity index (χ4v) is 6.18. The quantitative estimate of drug-likeness (QED) is 0.269. The summed E-state index contributed by atoms with van der Waals surface area (Å²) in [7, 11) is 11.8.